The first-order valence-corrected chi connectivity index (χ1v) is 20.7. The number of benzene rings is 7. The van der Waals surface area contributed by atoms with Gasteiger partial charge in [0.2, 0.25) is 0 Å². The lowest BCUT2D eigenvalue weighted by atomic mass is 9.84. The molecule has 61 heavy (non-hydrogen) atoms. The van der Waals surface area contributed by atoms with Crippen LogP contribution in [-0.2, 0) is 0 Å². The van der Waals surface area contributed by atoms with Crippen molar-refractivity contribution in [2.24, 2.45) is 0 Å². The molecule has 7 rings (SSSR count). The topological polar surface area (TPSA) is 94.8 Å². The van der Waals surface area contributed by atoms with Crippen molar-refractivity contribution >= 4 is 11.8 Å². The van der Waals surface area contributed by atoms with Gasteiger partial charge in [-0.1, -0.05) is 66.7 Å². The van der Waals surface area contributed by atoms with Gasteiger partial charge in [0.1, 0.15) is 17.1 Å². The molecule has 0 atom stereocenters. The van der Waals surface area contributed by atoms with Crippen molar-refractivity contribution in [3.05, 3.63) is 163 Å². The third-order valence-electron chi connectivity index (χ3n) is 12.6. The summed E-state index contributed by atoms with van der Waals surface area (Å²) in [5.74, 6) is -1.54. The molecule has 308 valence electrons. The molecule has 0 aliphatic carbocycles. The molecule has 7 aromatic carbocycles. The molecular formula is C56H54O5. The number of Topliss-reactive ketones (excluding diaryl/α,β-unsaturated/α-hetero) is 1. The van der Waals surface area contributed by atoms with Crippen molar-refractivity contribution in [2.45, 2.75) is 83.1 Å². The summed E-state index contributed by atoms with van der Waals surface area (Å²) in [6.07, 6.45) is 0. The van der Waals surface area contributed by atoms with E-state index in [0.29, 0.717) is 5.56 Å². The minimum absolute atomic E-state index is 0.0105. The molecule has 0 saturated heterocycles. The average Bonchev–Trinajstić information content (AvgIpc) is 3.19. The van der Waals surface area contributed by atoms with E-state index in [1.807, 2.05) is 6.92 Å². The highest BCUT2D eigenvalue weighted by Crippen LogP contribution is 2.42. The monoisotopic (exact) mass is 806 g/mol. The molecule has 7 aromatic rings. The number of aromatic hydroxyl groups is 2. The minimum atomic E-state index is -1.15. The van der Waals surface area contributed by atoms with Crippen LogP contribution in [0.3, 0.4) is 0 Å². The van der Waals surface area contributed by atoms with Gasteiger partial charge in [-0.05, 0) is 235 Å². The van der Waals surface area contributed by atoms with Crippen molar-refractivity contribution in [1.29, 1.82) is 0 Å². The molecule has 0 heterocycles. The number of aromatic carboxylic acids is 1. The second kappa shape index (κ2) is 16.0. The molecule has 3 N–H and O–H groups in total. The average molecular weight is 807 g/mol. The zero-order chi connectivity index (χ0) is 44.3. The molecule has 0 aliphatic rings. The van der Waals surface area contributed by atoms with Gasteiger partial charge in [0.15, 0.2) is 5.78 Å². The molecule has 0 radical (unpaired) electrons. The third kappa shape index (κ3) is 7.77. The quantitative estimate of drug-likeness (QED) is 0.133. The van der Waals surface area contributed by atoms with Gasteiger partial charge >= 0.3 is 5.97 Å². The Kier molecular flexibility index (Phi) is 11.2. The molecule has 0 bridgehead atoms. The van der Waals surface area contributed by atoms with Crippen LogP contribution in [-0.4, -0.2) is 27.1 Å². The Balaban J connectivity index is 1.20. The fraction of sp³-hybridized carbons (Fsp3) is 0.214. The largest absolute Gasteiger partial charge is 0.507 e. The molecule has 0 spiro atoms. The fourth-order valence-electron chi connectivity index (χ4n) is 9.15. The summed E-state index contributed by atoms with van der Waals surface area (Å²) in [4.78, 5) is 23.5. The number of hydrogen-bond acceptors (Lipinski definition) is 4. The number of aryl methyl sites for hydroxylation is 11. The Morgan fingerprint density at radius 1 is 0.328 bits per heavy atom. The predicted octanol–water partition coefficient (Wildman–Crippen LogP) is 14.4. The number of carbonyl (C=O) groups is 2. The predicted molar refractivity (Wildman–Crippen MR) is 251 cm³/mol. The zero-order valence-corrected chi connectivity index (χ0v) is 37.3. The molecule has 0 amide bonds. The van der Waals surface area contributed by atoms with E-state index < -0.39 is 5.97 Å². The van der Waals surface area contributed by atoms with E-state index in [2.05, 4.69) is 130 Å². The van der Waals surface area contributed by atoms with Gasteiger partial charge < -0.3 is 15.3 Å². The number of phenols is 2. The van der Waals surface area contributed by atoms with Crippen molar-refractivity contribution < 1.29 is 24.9 Å². The summed E-state index contributed by atoms with van der Waals surface area (Å²) in [5.41, 5.74) is 26.1. The smallest absolute Gasteiger partial charge is 0.339 e. The molecule has 5 heteroatoms. The minimum Gasteiger partial charge on any atom is -0.507 e. The van der Waals surface area contributed by atoms with Crippen molar-refractivity contribution in [3.63, 3.8) is 0 Å². The second-order valence-electron chi connectivity index (χ2n) is 17.2. The highest BCUT2D eigenvalue weighted by molar-refractivity contribution is 5.98. The first kappa shape index (κ1) is 42.4. The highest BCUT2D eigenvalue weighted by atomic mass is 16.4. The maximum absolute atomic E-state index is 12.0. The molecule has 0 aromatic heterocycles. The van der Waals surface area contributed by atoms with Crippen molar-refractivity contribution in [2.75, 3.05) is 0 Å². The summed E-state index contributed by atoms with van der Waals surface area (Å²) in [5, 5.41) is 30.4. The summed E-state index contributed by atoms with van der Waals surface area (Å²) in [7, 11) is 0. The fourth-order valence-corrected chi connectivity index (χ4v) is 9.15. The normalized spacial score (nSPS) is 11.3. The lowest BCUT2D eigenvalue weighted by Gasteiger charge is -2.21. The SMILES string of the molecule is CC(=O)c1cc(C)c(-c2cc(C)c(-c3cc(C)c(-c4cc(C)c(-c5cc(C)c(-c6cc(C)c(-c7ccc(C(=O)O)c(O)c7)cc6C)cc5C)cc4C)cc3C)cc2C)cc1O. The molecule has 0 fully saturated rings. The summed E-state index contributed by atoms with van der Waals surface area (Å²) in [6, 6.07) is 30.9. The van der Waals surface area contributed by atoms with E-state index in [0.717, 1.165) is 55.6 Å². The Bertz CT molecular complexity index is 3000. The Labute approximate surface area is 360 Å². The molecule has 0 aliphatic heterocycles. The second-order valence-corrected chi connectivity index (χ2v) is 17.2. The zero-order valence-electron chi connectivity index (χ0n) is 37.3. The Hall–Kier alpha value is -6.72. The summed E-state index contributed by atoms with van der Waals surface area (Å²) >= 11 is 0. The molecule has 5 nitrogen and oxygen atoms in total. The number of ketones is 1. The first-order chi connectivity index (χ1) is 28.7. The molecular weight excluding hydrogens is 753 g/mol. The van der Waals surface area contributed by atoms with Gasteiger partial charge in [-0.15, -0.1) is 0 Å². The number of carbonyl (C=O) groups excluding carboxylic acids is 1. The Morgan fingerprint density at radius 2 is 0.574 bits per heavy atom. The van der Waals surface area contributed by atoms with Crippen LogP contribution in [0.2, 0.25) is 0 Å². The Morgan fingerprint density at radius 3 is 0.852 bits per heavy atom. The lowest BCUT2D eigenvalue weighted by molar-refractivity contribution is 0.0693. The van der Waals surface area contributed by atoms with Crippen LogP contribution < -0.4 is 0 Å². The molecule has 0 saturated carbocycles. The van der Waals surface area contributed by atoms with Crippen LogP contribution in [0.1, 0.15) is 88.8 Å². The van der Waals surface area contributed by atoms with E-state index in [1.165, 1.54) is 91.4 Å². The maximum Gasteiger partial charge on any atom is 0.339 e. The number of hydrogen-bond donors (Lipinski definition) is 3. The van der Waals surface area contributed by atoms with Crippen molar-refractivity contribution in [1.82, 2.24) is 0 Å². The van der Waals surface area contributed by atoms with E-state index >= 15 is 0 Å². The number of carboxylic acids is 1. The van der Waals surface area contributed by atoms with Gasteiger partial charge in [0, 0.05) is 0 Å². The number of rotatable bonds is 8. The van der Waals surface area contributed by atoms with Crippen LogP contribution >= 0.6 is 0 Å². The van der Waals surface area contributed by atoms with E-state index in [-0.39, 0.29) is 22.8 Å². The first-order valence-electron chi connectivity index (χ1n) is 20.7. The van der Waals surface area contributed by atoms with Crippen LogP contribution in [0.15, 0.2) is 91.0 Å². The number of carboxylic acid groups (broad SMARTS) is 1. The van der Waals surface area contributed by atoms with Crippen LogP contribution in [0.25, 0.3) is 66.8 Å². The molecule has 0 unspecified atom stereocenters. The number of phenolic OH excluding ortho intramolecular Hbond substituents is 1. The highest BCUT2D eigenvalue weighted by Gasteiger charge is 2.20. The van der Waals surface area contributed by atoms with E-state index in [1.54, 1.807) is 18.2 Å². The van der Waals surface area contributed by atoms with Gasteiger partial charge in [-0.2, -0.15) is 0 Å². The lowest BCUT2D eigenvalue weighted by Crippen LogP contribution is -1.99. The summed E-state index contributed by atoms with van der Waals surface area (Å²) < 4.78 is 0. The van der Waals surface area contributed by atoms with Crippen LogP contribution in [0.4, 0.5) is 0 Å². The van der Waals surface area contributed by atoms with E-state index in [9.17, 15) is 24.9 Å². The van der Waals surface area contributed by atoms with Crippen LogP contribution in [0, 0.1) is 76.2 Å². The van der Waals surface area contributed by atoms with E-state index in [4.69, 9.17) is 0 Å². The van der Waals surface area contributed by atoms with Gasteiger partial charge in [0.05, 0.1) is 5.56 Å². The third-order valence-corrected chi connectivity index (χ3v) is 12.6. The maximum atomic E-state index is 12.0. The van der Waals surface area contributed by atoms with Gasteiger partial charge in [0.25, 0.3) is 0 Å². The van der Waals surface area contributed by atoms with Gasteiger partial charge in [-0.25, -0.2) is 4.79 Å². The summed E-state index contributed by atoms with van der Waals surface area (Å²) in [6.45, 7) is 25.0. The van der Waals surface area contributed by atoms with Gasteiger partial charge in [-0.3, -0.25) is 4.79 Å². The van der Waals surface area contributed by atoms with Crippen LogP contribution in [0.5, 0.6) is 11.5 Å². The van der Waals surface area contributed by atoms with Crippen molar-refractivity contribution in [3.8, 4) is 78.3 Å². The standard InChI is InChI=1S/C56H54O5/c1-28-16-43(29(2)15-42(28)40-13-14-41(56(60)61)54(58)26-40)44-17-31(4)45(18-30(44)3)46-19-33(6)47(20-32(46)5)48-21-35(8)49(22-34(48)7)50-23-37(10)51(24-36(50)9)52-27-55(59)53(39(12)57)25-38(52)11/h13-27,58-59H,1-12H3,(H,60,61).